The second-order valence-corrected chi connectivity index (χ2v) is 11.1. The predicted molar refractivity (Wildman–Crippen MR) is 107 cm³/mol. The molecule has 2 aromatic rings. The van der Waals surface area contributed by atoms with Crippen molar-refractivity contribution in [2.75, 3.05) is 23.9 Å². The lowest BCUT2D eigenvalue weighted by Gasteiger charge is -2.26. The van der Waals surface area contributed by atoms with E-state index in [1.165, 1.54) is 33.0 Å². The van der Waals surface area contributed by atoms with Crippen LogP contribution in [0.25, 0.3) is 0 Å². The molecule has 1 aromatic heterocycles. The van der Waals surface area contributed by atoms with E-state index < -0.39 is 20.0 Å². The van der Waals surface area contributed by atoms with Crippen molar-refractivity contribution in [1.29, 1.82) is 0 Å². The van der Waals surface area contributed by atoms with Crippen molar-refractivity contribution in [2.24, 2.45) is 0 Å². The van der Waals surface area contributed by atoms with E-state index in [1.54, 1.807) is 12.1 Å². The molecule has 0 amide bonds. The van der Waals surface area contributed by atoms with Crippen molar-refractivity contribution in [2.45, 2.75) is 35.5 Å². The number of sulfonamides is 2. The van der Waals surface area contributed by atoms with Gasteiger partial charge in [-0.25, -0.2) is 21.8 Å². The summed E-state index contributed by atoms with van der Waals surface area (Å²) >= 11 is 5.75. The Morgan fingerprint density at radius 1 is 0.857 bits per heavy atom. The van der Waals surface area contributed by atoms with Gasteiger partial charge in [0.15, 0.2) is 0 Å². The number of hydrogen-bond donors (Lipinski definition) is 0. The first-order valence-corrected chi connectivity index (χ1v) is 12.3. The van der Waals surface area contributed by atoms with Gasteiger partial charge in [0.1, 0.15) is 10.0 Å². The van der Waals surface area contributed by atoms with Gasteiger partial charge in [-0.1, -0.05) is 18.0 Å². The van der Waals surface area contributed by atoms with E-state index >= 15 is 0 Å². The van der Waals surface area contributed by atoms with Crippen LogP contribution in [0, 0.1) is 0 Å². The summed E-state index contributed by atoms with van der Waals surface area (Å²) in [6.45, 7) is 1.32. The molecular formula is C18H20ClN3O4S2. The van der Waals surface area contributed by atoms with Crippen LogP contribution in [-0.2, 0) is 26.5 Å². The Bertz CT molecular complexity index is 1100. The van der Waals surface area contributed by atoms with Crippen LogP contribution in [0.5, 0.6) is 0 Å². The molecule has 28 heavy (non-hydrogen) atoms. The van der Waals surface area contributed by atoms with Gasteiger partial charge < -0.3 is 0 Å². The van der Waals surface area contributed by atoms with Crippen molar-refractivity contribution in [3.05, 3.63) is 47.2 Å². The van der Waals surface area contributed by atoms with Gasteiger partial charge in [-0.2, -0.15) is 4.31 Å². The summed E-state index contributed by atoms with van der Waals surface area (Å²) in [7, 11) is -7.34. The normalized spacial score (nSPS) is 18.2. The summed E-state index contributed by atoms with van der Waals surface area (Å²) in [6, 6.07) is 7.53. The first-order chi connectivity index (χ1) is 13.3. The van der Waals surface area contributed by atoms with Crippen LogP contribution in [0.3, 0.4) is 0 Å². The summed E-state index contributed by atoms with van der Waals surface area (Å²) in [5.74, 6) is 0. The Labute approximate surface area is 170 Å². The van der Waals surface area contributed by atoms with Crippen molar-refractivity contribution in [1.82, 2.24) is 9.29 Å². The SMILES string of the molecule is O=S(=O)(c1ccc2c(c1)CCN2S(=O)(=O)c1ccc(Cl)nc1)N1CCCCC1. The van der Waals surface area contributed by atoms with E-state index in [0.29, 0.717) is 30.8 Å². The molecule has 7 nitrogen and oxygen atoms in total. The molecule has 1 saturated heterocycles. The molecule has 0 spiro atoms. The van der Waals surface area contributed by atoms with Crippen LogP contribution in [0.1, 0.15) is 24.8 Å². The van der Waals surface area contributed by atoms with Gasteiger partial charge in [0.25, 0.3) is 10.0 Å². The standard InChI is InChI=1S/C18H20ClN3O4S2/c19-18-7-5-16(13-20-18)28(25,26)22-11-8-14-12-15(4-6-17(14)22)27(23,24)21-9-2-1-3-10-21/h4-7,12-13H,1-3,8-11H2. The first-order valence-electron chi connectivity index (χ1n) is 9.07. The molecule has 10 heteroatoms. The average Bonchev–Trinajstić information content (AvgIpc) is 3.13. The number of halogens is 1. The number of pyridine rings is 1. The minimum Gasteiger partial charge on any atom is -0.266 e. The molecule has 2 aliphatic heterocycles. The van der Waals surface area contributed by atoms with Gasteiger partial charge in [0.2, 0.25) is 10.0 Å². The third-order valence-corrected chi connectivity index (χ3v) is 9.06. The van der Waals surface area contributed by atoms with Gasteiger partial charge >= 0.3 is 0 Å². The molecule has 150 valence electrons. The number of rotatable bonds is 4. The van der Waals surface area contributed by atoms with Crippen molar-refractivity contribution in [3.8, 4) is 0 Å². The van der Waals surface area contributed by atoms with E-state index in [2.05, 4.69) is 4.98 Å². The summed E-state index contributed by atoms with van der Waals surface area (Å²) in [5.41, 5.74) is 1.22. The van der Waals surface area contributed by atoms with Gasteiger partial charge in [-0.3, -0.25) is 4.31 Å². The number of aromatic nitrogens is 1. The Hall–Kier alpha value is -1.68. The second kappa shape index (κ2) is 7.29. The maximum atomic E-state index is 13.0. The maximum absolute atomic E-state index is 13.0. The number of anilines is 1. The summed E-state index contributed by atoms with van der Waals surface area (Å²) in [6.07, 6.45) is 4.46. The minimum atomic E-state index is -3.79. The average molecular weight is 442 g/mol. The molecule has 0 unspecified atom stereocenters. The fraction of sp³-hybridized carbons (Fsp3) is 0.389. The molecule has 2 aliphatic rings. The van der Waals surface area contributed by atoms with E-state index in [1.807, 2.05) is 0 Å². The van der Waals surface area contributed by atoms with E-state index in [4.69, 9.17) is 11.6 Å². The fourth-order valence-corrected chi connectivity index (χ4v) is 6.78. The molecule has 0 radical (unpaired) electrons. The summed E-state index contributed by atoms with van der Waals surface area (Å²) in [5, 5.41) is 0.216. The Morgan fingerprint density at radius 2 is 1.57 bits per heavy atom. The Kier molecular flexibility index (Phi) is 5.11. The third kappa shape index (κ3) is 3.41. The highest BCUT2D eigenvalue weighted by molar-refractivity contribution is 7.92. The molecule has 1 aromatic carbocycles. The monoisotopic (exact) mass is 441 g/mol. The fourth-order valence-electron chi connectivity index (χ4n) is 3.65. The topological polar surface area (TPSA) is 87.7 Å². The number of fused-ring (bicyclic) bond motifs is 1. The van der Waals surface area contributed by atoms with Crippen LogP contribution in [0.4, 0.5) is 5.69 Å². The number of piperidine rings is 1. The van der Waals surface area contributed by atoms with Crippen molar-refractivity contribution < 1.29 is 16.8 Å². The highest BCUT2D eigenvalue weighted by Gasteiger charge is 2.33. The molecule has 0 saturated carbocycles. The second-order valence-electron chi connectivity index (χ2n) is 6.90. The molecule has 0 N–H and O–H groups in total. The van der Waals surface area contributed by atoms with Crippen molar-refractivity contribution in [3.63, 3.8) is 0 Å². The number of benzene rings is 1. The van der Waals surface area contributed by atoms with Crippen LogP contribution in [-0.4, -0.2) is 45.8 Å². The Balaban J connectivity index is 1.66. The van der Waals surface area contributed by atoms with Gasteiger partial charge in [0.05, 0.1) is 10.6 Å². The zero-order valence-electron chi connectivity index (χ0n) is 15.1. The predicted octanol–water partition coefficient (Wildman–Crippen LogP) is 2.66. The van der Waals surface area contributed by atoms with Gasteiger partial charge in [0, 0.05) is 25.8 Å². The molecule has 4 rings (SSSR count). The number of nitrogens with zero attached hydrogens (tertiary/aromatic N) is 3. The van der Waals surface area contributed by atoms with E-state index in [0.717, 1.165) is 19.3 Å². The summed E-state index contributed by atoms with van der Waals surface area (Å²) in [4.78, 5) is 4.12. The van der Waals surface area contributed by atoms with E-state index in [-0.39, 0.29) is 21.5 Å². The smallest absolute Gasteiger partial charge is 0.265 e. The zero-order chi connectivity index (χ0) is 19.9. The third-order valence-electron chi connectivity index (χ3n) is 5.14. The lowest BCUT2D eigenvalue weighted by molar-refractivity contribution is 0.346. The maximum Gasteiger partial charge on any atom is 0.265 e. The highest BCUT2D eigenvalue weighted by atomic mass is 35.5. The molecular weight excluding hydrogens is 422 g/mol. The quantitative estimate of drug-likeness (QED) is 0.680. The summed E-state index contributed by atoms with van der Waals surface area (Å²) < 4.78 is 54.5. The van der Waals surface area contributed by atoms with Crippen LogP contribution >= 0.6 is 11.6 Å². The highest BCUT2D eigenvalue weighted by Crippen LogP contribution is 2.35. The largest absolute Gasteiger partial charge is 0.266 e. The molecule has 0 bridgehead atoms. The molecule has 1 fully saturated rings. The van der Waals surface area contributed by atoms with E-state index in [9.17, 15) is 16.8 Å². The van der Waals surface area contributed by atoms with Crippen LogP contribution in [0.2, 0.25) is 5.15 Å². The van der Waals surface area contributed by atoms with Crippen molar-refractivity contribution >= 4 is 37.3 Å². The van der Waals surface area contributed by atoms with Crippen LogP contribution < -0.4 is 4.31 Å². The first kappa shape index (κ1) is 19.6. The van der Waals surface area contributed by atoms with Crippen LogP contribution in [0.15, 0.2) is 46.3 Å². The molecule has 3 heterocycles. The molecule has 0 aliphatic carbocycles. The zero-order valence-corrected chi connectivity index (χ0v) is 17.5. The molecule has 0 atom stereocenters. The van der Waals surface area contributed by atoms with Gasteiger partial charge in [-0.05, 0) is 55.2 Å². The lowest BCUT2D eigenvalue weighted by atomic mass is 10.2. The van der Waals surface area contributed by atoms with Gasteiger partial charge in [-0.15, -0.1) is 0 Å². The lowest BCUT2D eigenvalue weighted by Crippen LogP contribution is -2.35. The number of hydrogen-bond acceptors (Lipinski definition) is 5. The minimum absolute atomic E-state index is 0.0507. The Morgan fingerprint density at radius 3 is 2.25 bits per heavy atom.